The summed E-state index contributed by atoms with van der Waals surface area (Å²) in [5.74, 6) is 0.812. The van der Waals surface area contributed by atoms with Crippen molar-refractivity contribution in [2.75, 3.05) is 13.2 Å². The van der Waals surface area contributed by atoms with Crippen LogP contribution in [-0.4, -0.2) is 43.1 Å². The van der Waals surface area contributed by atoms with E-state index < -0.39 is 0 Å². The maximum absolute atomic E-state index is 12.6. The molecule has 1 aliphatic heterocycles. The van der Waals surface area contributed by atoms with Gasteiger partial charge in [-0.25, -0.2) is 9.97 Å². The van der Waals surface area contributed by atoms with Crippen LogP contribution in [0.15, 0.2) is 49.1 Å². The summed E-state index contributed by atoms with van der Waals surface area (Å²) in [7, 11) is 1.92. The number of fused-ring (bicyclic) bond motifs is 1. The minimum Gasteiger partial charge on any atom is -0.361 e. The molecule has 1 amide bonds. The van der Waals surface area contributed by atoms with Crippen molar-refractivity contribution < 1.29 is 9.53 Å². The lowest BCUT2D eigenvalue weighted by Gasteiger charge is -2.27. The molecule has 29 heavy (non-hydrogen) atoms. The van der Waals surface area contributed by atoms with E-state index in [4.69, 9.17) is 4.74 Å². The predicted molar refractivity (Wildman–Crippen MR) is 109 cm³/mol. The number of rotatable bonds is 7. The van der Waals surface area contributed by atoms with Crippen molar-refractivity contribution >= 4 is 5.91 Å². The van der Waals surface area contributed by atoms with Gasteiger partial charge in [0.15, 0.2) is 0 Å². The zero-order valence-corrected chi connectivity index (χ0v) is 17.0. The summed E-state index contributed by atoms with van der Waals surface area (Å²) < 4.78 is 9.90. The molecule has 3 heterocycles. The average Bonchev–Trinajstić information content (AvgIpc) is 3.36. The maximum atomic E-state index is 12.6. The van der Waals surface area contributed by atoms with Crippen LogP contribution in [0.5, 0.6) is 0 Å². The van der Waals surface area contributed by atoms with Gasteiger partial charge in [-0.05, 0) is 18.9 Å². The molecule has 152 valence electrons. The zero-order chi connectivity index (χ0) is 20.2. The number of hydrogen-bond donors (Lipinski definition) is 0. The molecule has 0 aliphatic carbocycles. The van der Waals surface area contributed by atoms with E-state index in [1.165, 1.54) is 11.3 Å². The Kier molecular flexibility index (Phi) is 5.76. The Morgan fingerprint density at radius 3 is 2.83 bits per heavy atom. The number of hydrogen-bond acceptors (Lipinski definition) is 4. The van der Waals surface area contributed by atoms with Crippen molar-refractivity contribution in [3.05, 3.63) is 71.8 Å². The van der Waals surface area contributed by atoms with Gasteiger partial charge in [-0.3, -0.25) is 4.79 Å². The van der Waals surface area contributed by atoms with E-state index in [9.17, 15) is 4.79 Å². The third kappa shape index (κ3) is 4.40. The van der Waals surface area contributed by atoms with Crippen LogP contribution in [0, 0.1) is 0 Å². The molecule has 1 aromatic carbocycles. The third-order valence-electron chi connectivity index (χ3n) is 5.51. The van der Waals surface area contributed by atoms with Crippen LogP contribution in [0.25, 0.3) is 0 Å². The molecule has 2 aromatic heterocycles. The summed E-state index contributed by atoms with van der Waals surface area (Å²) in [6.45, 7) is 4.12. The molecule has 1 aliphatic rings. The highest BCUT2D eigenvalue weighted by Crippen LogP contribution is 2.20. The van der Waals surface area contributed by atoms with Crippen LogP contribution < -0.4 is 0 Å². The van der Waals surface area contributed by atoms with E-state index in [1.54, 1.807) is 6.20 Å². The second-order valence-electron chi connectivity index (χ2n) is 7.48. The Balaban J connectivity index is 1.31. The van der Waals surface area contributed by atoms with Gasteiger partial charge < -0.3 is 18.8 Å². The number of imidazole rings is 2. The van der Waals surface area contributed by atoms with Crippen molar-refractivity contribution in [1.82, 2.24) is 24.0 Å². The van der Waals surface area contributed by atoms with Gasteiger partial charge in [-0.1, -0.05) is 30.3 Å². The van der Waals surface area contributed by atoms with Gasteiger partial charge in [0.2, 0.25) is 5.91 Å². The lowest BCUT2D eigenvalue weighted by atomic mass is 10.1. The number of benzene rings is 1. The number of aryl methyl sites for hydroxylation is 3. The van der Waals surface area contributed by atoms with Crippen LogP contribution in [0.1, 0.15) is 35.8 Å². The highest BCUT2D eigenvalue weighted by molar-refractivity contribution is 5.77. The van der Waals surface area contributed by atoms with Crippen LogP contribution in [0.4, 0.5) is 0 Å². The van der Waals surface area contributed by atoms with Crippen molar-refractivity contribution in [2.45, 2.75) is 39.0 Å². The zero-order valence-electron chi connectivity index (χ0n) is 17.0. The Labute approximate surface area is 171 Å². The van der Waals surface area contributed by atoms with Gasteiger partial charge in [-0.15, -0.1) is 0 Å². The first-order chi connectivity index (χ1) is 14.1. The summed E-state index contributed by atoms with van der Waals surface area (Å²) in [6.07, 6.45) is 7.09. The Morgan fingerprint density at radius 1 is 1.24 bits per heavy atom. The highest BCUT2D eigenvalue weighted by Gasteiger charge is 2.25. The van der Waals surface area contributed by atoms with Crippen molar-refractivity contribution in [3.63, 3.8) is 0 Å². The van der Waals surface area contributed by atoms with E-state index in [2.05, 4.69) is 38.8 Å². The number of carbonyl (C=O) groups is 1. The minimum atomic E-state index is -0.225. The molecular formula is C22H27N5O2. The lowest BCUT2D eigenvalue weighted by Crippen LogP contribution is -2.39. The summed E-state index contributed by atoms with van der Waals surface area (Å²) in [5.41, 5.74) is 3.56. The Morgan fingerprint density at radius 2 is 2.07 bits per heavy atom. The summed E-state index contributed by atoms with van der Waals surface area (Å²) >= 11 is 0. The molecule has 0 saturated carbocycles. The first-order valence-corrected chi connectivity index (χ1v) is 10.0. The molecule has 4 rings (SSSR count). The molecule has 0 bridgehead atoms. The standard InChI is InChI=1S/C22H27N5O2/c1-17(22-23-10-13-25(22)2)29-15-21(28)26-12-9-20-19(14-26)24-16-27(20)11-8-18-6-4-3-5-7-18/h3-7,10,13,16-17H,8-9,11-12,14-15H2,1-2H3. The quantitative estimate of drug-likeness (QED) is 0.619. The van der Waals surface area contributed by atoms with E-state index in [0.29, 0.717) is 13.1 Å². The number of amides is 1. The summed E-state index contributed by atoms with van der Waals surface area (Å²) in [5, 5.41) is 0. The van der Waals surface area contributed by atoms with Gasteiger partial charge >= 0.3 is 0 Å². The lowest BCUT2D eigenvalue weighted by molar-refractivity contribution is -0.139. The Hall–Kier alpha value is -2.93. The third-order valence-corrected chi connectivity index (χ3v) is 5.51. The molecule has 7 nitrogen and oxygen atoms in total. The molecular weight excluding hydrogens is 366 g/mol. The molecule has 0 spiro atoms. The highest BCUT2D eigenvalue weighted by atomic mass is 16.5. The number of aromatic nitrogens is 4. The summed E-state index contributed by atoms with van der Waals surface area (Å²) in [6, 6.07) is 10.5. The fourth-order valence-electron chi connectivity index (χ4n) is 3.80. The molecule has 1 atom stereocenters. The average molecular weight is 393 g/mol. The van der Waals surface area contributed by atoms with Gasteiger partial charge in [0.25, 0.3) is 0 Å². The van der Waals surface area contributed by atoms with Crippen molar-refractivity contribution in [1.29, 1.82) is 0 Å². The van der Waals surface area contributed by atoms with Crippen LogP contribution in [-0.2, 0) is 42.5 Å². The van der Waals surface area contributed by atoms with Crippen LogP contribution >= 0.6 is 0 Å². The summed E-state index contributed by atoms with van der Waals surface area (Å²) in [4.78, 5) is 23.3. The fourth-order valence-corrected chi connectivity index (χ4v) is 3.80. The normalized spacial score (nSPS) is 14.6. The maximum Gasteiger partial charge on any atom is 0.248 e. The second kappa shape index (κ2) is 8.61. The molecule has 7 heteroatoms. The number of carbonyl (C=O) groups excluding carboxylic acids is 1. The van der Waals surface area contributed by atoms with Crippen molar-refractivity contribution in [2.24, 2.45) is 7.05 Å². The van der Waals surface area contributed by atoms with E-state index in [0.717, 1.165) is 30.9 Å². The van der Waals surface area contributed by atoms with Crippen molar-refractivity contribution in [3.8, 4) is 0 Å². The largest absolute Gasteiger partial charge is 0.361 e. The molecule has 1 unspecified atom stereocenters. The van der Waals surface area contributed by atoms with Crippen LogP contribution in [0.2, 0.25) is 0 Å². The molecule has 0 radical (unpaired) electrons. The Bertz CT molecular complexity index is 963. The molecule has 3 aromatic rings. The first kappa shape index (κ1) is 19.4. The second-order valence-corrected chi connectivity index (χ2v) is 7.48. The monoisotopic (exact) mass is 393 g/mol. The SMILES string of the molecule is CC(OCC(=O)N1CCc2c(ncn2CCc2ccccc2)C1)c1nccn1C. The molecule has 0 N–H and O–H groups in total. The molecule has 0 fully saturated rings. The van der Waals surface area contributed by atoms with E-state index >= 15 is 0 Å². The predicted octanol–water partition coefficient (Wildman–Crippen LogP) is 2.52. The number of ether oxygens (including phenoxy) is 1. The smallest absolute Gasteiger partial charge is 0.248 e. The van der Waals surface area contributed by atoms with E-state index in [1.807, 2.05) is 42.0 Å². The minimum absolute atomic E-state index is 0.00413. The van der Waals surface area contributed by atoms with Gasteiger partial charge in [0.1, 0.15) is 18.5 Å². The topological polar surface area (TPSA) is 65.2 Å². The first-order valence-electron chi connectivity index (χ1n) is 10.0. The van der Waals surface area contributed by atoms with Gasteiger partial charge in [-0.2, -0.15) is 0 Å². The fraction of sp³-hybridized carbons (Fsp3) is 0.409. The number of nitrogens with zero attached hydrogens (tertiary/aromatic N) is 5. The van der Waals surface area contributed by atoms with Crippen LogP contribution in [0.3, 0.4) is 0 Å². The molecule has 0 saturated heterocycles. The van der Waals surface area contributed by atoms with Gasteiger partial charge in [0.05, 0.1) is 18.6 Å². The van der Waals surface area contributed by atoms with Gasteiger partial charge in [0, 0.05) is 44.6 Å². The van der Waals surface area contributed by atoms with E-state index in [-0.39, 0.29) is 18.6 Å².